The maximum Gasteiger partial charge on any atom is 0.319 e. The molecule has 0 unspecified atom stereocenters. The molecule has 24 heavy (non-hydrogen) atoms. The average molecular weight is 333 g/mol. The van der Waals surface area contributed by atoms with Crippen LogP contribution in [0.5, 0.6) is 0 Å². The number of nitrogens with one attached hydrogen (secondary N) is 4. The minimum absolute atomic E-state index is 0.192. The van der Waals surface area contributed by atoms with Gasteiger partial charge in [0, 0.05) is 11.8 Å². The summed E-state index contributed by atoms with van der Waals surface area (Å²) in [5.74, 6) is -0.177. The number of carbonyl (C=O) groups is 2. The van der Waals surface area contributed by atoms with Gasteiger partial charge in [-0.25, -0.2) is 9.18 Å². The van der Waals surface area contributed by atoms with Gasteiger partial charge in [0.2, 0.25) is 5.91 Å². The van der Waals surface area contributed by atoms with Crippen LogP contribution in [0.1, 0.15) is 20.3 Å². The van der Waals surface area contributed by atoms with Crippen LogP contribution >= 0.6 is 0 Å². The van der Waals surface area contributed by atoms with Gasteiger partial charge in [-0.15, -0.1) is 0 Å². The number of nitrogens with zero attached hydrogens (tertiary/aromatic N) is 1. The van der Waals surface area contributed by atoms with Gasteiger partial charge in [0.05, 0.1) is 6.20 Å². The molecular formula is C16H20FN5O2. The van der Waals surface area contributed by atoms with Crippen LogP contribution < -0.4 is 16.0 Å². The topological polar surface area (TPSA) is 98.9 Å². The fourth-order valence-corrected chi connectivity index (χ4v) is 2.14. The third-order valence-corrected chi connectivity index (χ3v) is 3.17. The van der Waals surface area contributed by atoms with Gasteiger partial charge >= 0.3 is 6.03 Å². The van der Waals surface area contributed by atoms with Crippen LogP contribution in [0.4, 0.5) is 20.7 Å². The van der Waals surface area contributed by atoms with Crippen LogP contribution in [0.3, 0.4) is 0 Å². The molecular weight excluding hydrogens is 313 g/mol. The number of hydrogen-bond acceptors (Lipinski definition) is 3. The maximum absolute atomic E-state index is 13.1. The van der Waals surface area contributed by atoms with E-state index in [-0.39, 0.29) is 11.8 Å². The SMILES string of the molecule is CC(C)C[C@@H](NC(=O)Nc1cccc(F)c1)C(=O)Nc1ccn[nH]1. The van der Waals surface area contributed by atoms with Crippen LogP contribution in [0.25, 0.3) is 0 Å². The van der Waals surface area contributed by atoms with Crippen LogP contribution in [-0.2, 0) is 4.79 Å². The zero-order valence-corrected chi connectivity index (χ0v) is 13.5. The molecule has 4 N–H and O–H groups in total. The fourth-order valence-electron chi connectivity index (χ4n) is 2.14. The Bertz CT molecular complexity index is 688. The summed E-state index contributed by atoms with van der Waals surface area (Å²) in [4.78, 5) is 24.4. The first-order valence-corrected chi connectivity index (χ1v) is 7.57. The van der Waals surface area contributed by atoms with Crippen molar-refractivity contribution >= 4 is 23.4 Å². The average Bonchev–Trinajstić information content (AvgIpc) is 2.99. The summed E-state index contributed by atoms with van der Waals surface area (Å²) in [6.07, 6.45) is 1.97. The summed E-state index contributed by atoms with van der Waals surface area (Å²) >= 11 is 0. The highest BCUT2D eigenvalue weighted by Gasteiger charge is 2.22. The van der Waals surface area contributed by atoms with Gasteiger partial charge in [-0.05, 0) is 30.5 Å². The number of anilines is 2. The first-order valence-electron chi connectivity index (χ1n) is 7.57. The summed E-state index contributed by atoms with van der Waals surface area (Å²) < 4.78 is 13.1. The molecule has 2 rings (SSSR count). The van der Waals surface area contributed by atoms with E-state index in [9.17, 15) is 14.0 Å². The number of aromatic nitrogens is 2. The number of H-pyrrole nitrogens is 1. The molecule has 3 amide bonds. The molecule has 1 aromatic carbocycles. The quantitative estimate of drug-likeness (QED) is 0.654. The number of amides is 3. The number of benzene rings is 1. The lowest BCUT2D eigenvalue weighted by Gasteiger charge is -2.20. The van der Waals surface area contributed by atoms with E-state index in [2.05, 4.69) is 26.1 Å². The van der Waals surface area contributed by atoms with Gasteiger partial charge in [-0.3, -0.25) is 9.89 Å². The monoisotopic (exact) mass is 333 g/mol. The Morgan fingerprint density at radius 2 is 2.04 bits per heavy atom. The largest absolute Gasteiger partial charge is 0.326 e. The Balaban J connectivity index is 1.99. The normalized spacial score (nSPS) is 11.8. The molecule has 128 valence electrons. The minimum Gasteiger partial charge on any atom is -0.326 e. The molecule has 0 fully saturated rings. The summed E-state index contributed by atoms with van der Waals surface area (Å²) in [5, 5.41) is 14.1. The van der Waals surface area contributed by atoms with E-state index >= 15 is 0 Å². The smallest absolute Gasteiger partial charge is 0.319 e. The Morgan fingerprint density at radius 3 is 2.67 bits per heavy atom. The van der Waals surface area contributed by atoms with Gasteiger partial charge in [0.15, 0.2) is 0 Å². The van der Waals surface area contributed by atoms with Crippen LogP contribution in [0, 0.1) is 11.7 Å². The highest BCUT2D eigenvalue weighted by atomic mass is 19.1. The van der Waals surface area contributed by atoms with Crippen LogP contribution in [0.15, 0.2) is 36.5 Å². The van der Waals surface area contributed by atoms with E-state index in [0.717, 1.165) is 0 Å². The number of halogens is 1. The molecule has 8 heteroatoms. The van der Waals surface area contributed by atoms with Crippen molar-refractivity contribution in [2.24, 2.45) is 5.92 Å². The lowest BCUT2D eigenvalue weighted by molar-refractivity contribution is -0.118. The van der Waals surface area contributed by atoms with Crippen molar-refractivity contribution in [3.05, 3.63) is 42.3 Å². The summed E-state index contributed by atoms with van der Waals surface area (Å²) in [5.41, 5.74) is 0.310. The zero-order chi connectivity index (χ0) is 17.5. The zero-order valence-electron chi connectivity index (χ0n) is 13.5. The van der Waals surface area contributed by atoms with Crippen LogP contribution in [-0.4, -0.2) is 28.2 Å². The molecule has 1 aromatic heterocycles. The predicted octanol–water partition coefficient (Wildman–Crippen LogP) is 2.72. The van der Waals surface area contributed by atoms with E-state index in [4.69, 9.17) is 0 Å². The Kier molecular flexibility index (Phi) is 5.89. The molecule has 0 saturated carbocycles. The number of carbonyl (C=O) groups excluding carboxylic acids is 2. The Labute approximate surface area is 139 Å². The Hall–Kier alpha value is -2.90. The summed E-state index contributed by atoms with van der Waals surface area (Å²) in [6, 6.07) is 5.82. The molecule has 0 spiro atoms. The second kappa shape index (κ2) is 8.09. The molecule has 7 nitrogen and oxygen atoms in total. The minimum atomic E-state index is -0.734. The second-order valence-corrected chi connectivity index (χ2v) is 5.75. The van der Waals surface area contributed by atoms with E-state index in [1.165, 1.54) is 24.4 Å². The lowest BCUT2D eigenvalue weighted by Crippen LogP contribution is -2.46. The molecule has 1 heterocycles. The standard InChI is InChI=1S/C16H20FN5O2/c1-10(2)8-13(15(23)21-14-6-7-18-22-14)20-16(24)19-12-5-3-4-11(17)9-12/h3-7,9-10,13H,8H2,1-2H3,(H2,19,20,24)(H2,18,21,22,23)/t13-/m1/s1. The third-order valence-electron chi connectivity index (χ3n) is 3.17. The molecule has 0 saturated heterocycles. The summed E-state index contributed by atoms with van der Waals surface area (Å²) in [7, 11) is 0. The molecule has 0 bridgehead atoms. The van der Waals surface area contributed by atoms with E-state index in [1.54, 1.807) is 12.1 Å². The van der Waals surface area contributed by atoms with Gasteiger partial charge in [-0.1, -0.05) is 19.9 Å². The highest BCUT2D eigenvalue weighted by Crippen LogP contribution is 2.11. The van der Waals surface area contributed by atoms with Gasteiger partial charge < -0.3 is 16.0 Å². The number of aromatic amines is 1. The first kappa shape index (κ1) is 17.5. The van der Waals surface area contributed by atoms with Gasteiger partial charge in [0.1, 0.15) is 17.7 Å². The maximum atomic E-state index is 13.1. The van der Waals surface area contributed by atoms with E-state index < -0.39 is 17.9 Å². The molecule has 1 atom stereocenters. The fraction of sp³-hybridized carbons (Fsp3) is 0.312. The highest BCUT2D eigenvalue weighted by molar-refractivity contribution is 5.98. The van der Waals surface area contributed by atoms with Crippen molar-refractivity contribution in [1.82, 2.24) is 15.5 Å². The van der Waals surface area contributed by atoms with Crippen molar-refractivity contribution in [2.75, 3.05) is 10.6 Å². The second-order valence-electron chi connectivity index (χ2n) is 5.75. The molecule has 0 aliphatic carbocycles. The van der Waals surface area contributed by atoms with Crippen LogP contribution in [0.2, 0.25) is 0 Å². The lowest BCUT2D eigenvalue weighted by atomic mass is 10.0. The van der Waals surface area contributed by atoms with E-state index in [1.807, 2.05) is 13.8 Å². The predicted molar refractivity (Wildman–Crippen MR) is 89.0 cm³/mol. The molecule has 0 radical (unpaired) electrons. The van der Waals surface area contributed by atoms with Crippen molar-refractivity contribution in [3.8, 4) is 0 Å². The van der Waals surface area contributed by atoms with E-state index in [0.29, 0.717) is 17.9 Å². The van der Waals surface area contributed by atoms with Crippen molar-refractivity contribution < 1.29 is 14.0 Å². The Morgan fingerprint density at radius 1 is 1.25 bits per heavy atom. The molecule has 0 aliphatic rings. The molecule has 0 aliphatic heterocycles. The van der Waals surface area contributed by atoms with Gasteiger partial charge in [-0.2, -0.15) is 5.10 Å². The number of rotatable bonds is 6. The van der Waals surface area contributed by atoms with Crippen molar-refractivity contribution in [3.63, 3.8) is 0 Å². The first-order chi connectivity index (χ1) is 11.4. The van der Waals surface area contributed by atoms with Crippen molar-refractivity contribution in [1.29, 1.82) is 0 Å². The number of urea groups is 1. The summed E-state index contributed by atoms with van der Waals surface area (Å²) in [6.45, 7) is 3.89. The molecule has 2 aromatic rings. The number of hydrogen-bond donors (Lipinski definition) is 4. The third kappa shape index (κ3) is 5.38. The van der Waals surface area contributed by atoms with Gasteiger partial charge in [0.25, 0.3) is 0 Å². The van der Waals surface area contributed by atoms with Crippen molar-refractivity contribution in [2.45, 2.75) is 26.3 Å².